The quantitative estimate of drug-likeness (QED) is 0.261. The lowest BCUT2D eigenvalue weighted by Crippen LogP contribution is -1.87. The van der Waals surface area contributed by atoms with Gasteiger partial charge in [0.05, 0.1) is 0 Å². The van der Waals surface area contributed by atoms with E-state index in [-0.39, 0.29) is 0 Å². The van der Waals surface area contributed by atoms with Gasteiger partial charge in [0.15, 0.2) is 0 Å². The molecule has 0 aliphatic carbocycles. The van der Waals surface area contributed by atoms with Crippen molar-refractivity contribution in [3.05, 3.63) is 83.9 Å². The van der Waals surface area contributed by atoms with Crippen molar-refractivity contribution in [1.29, 1.82) is 0 Å². The largest absolute Gasteiger partial charge is 0.135 e. The summed E-state index contributed by atoms with van der Waals surface area (Å²) in [7, 11) is 0. The fourth-order valence-corrected chi connectivity index (χ4v) is 6.70. The highest BCUT2D eigenvalue weighted by Crippen LogP contribution is 2.41. The third-order valence-corrected chi connectivity index (χ3v) is 8.00. The van der Waals surface area contributed by atoms with Gasteiger partial charge in [-0.25, -0.2) is 0 Å². The van der Waals surface area contributed by atoms with Gasteiger partial charge >= 0.3 is 0 Å². The standard InChI is InChI=1S/C26H18S2/c1-15-11-25-21(17-7-3-5-9-23(17)27-25)13-19(15)20-14-22-18-8-4-6-10-24(18)28-26(22)12-16(20)2/h3-14H,1-2H3. The fraction of sp³-hybridized carbons (Fsp3) is 0.0769. The Labute approximate surface area is 171 Å². The second kappa shape index (κ2) is 5.91. The lowest BCUT2D eigenvalue weighted by atomic mass is 9.93. The Morgan fingerprint density at radius 3 is 1.36 bits per heavy atom. The average Bonchev–Trinajstić information content (AvgIpc) is 3.23. The lowest BCUT2D eigenvalue weighted by Gasteiger charge is -2.11. The molecule has 0 N–H and O–H groups in total. The summed E-state index contributed by atoms with van der Waals surface area (Å²) >= 11 is 3.78. The van der Waals surface area contributed by atoms with E-state index in [1.165, 1.54) is 62.6 Å². The van der Waals surface area contributed by atoms with Crippen LogP contribution in [-0.2, 0) is 0 Å². The molecule has 0 fully saturated rings. The van der Waals surface area contributed by atoms with Crippen molar-refractivity contribution < 1.29 is 0 Å². The molecule has 0 saturated carbocycles. The molecule has 0 saturated heterocycles. The molecule has 0 amide bonds. The highest BCUT2D eigenvalue weighted by Gasteiger charge is 2.13. The van der Waals surface area contributed by atoms with Crippen molar-refractivity contribution in [3.63, 3.8) is 0 Å². The van der Waals surface area contributed by atoms with E-state index >= 15 is 0 Å². The molecule has 28 heavy (non-hydrogen) atoms. The van der Waals surface area contributed by atoms with E-state index in [1.54, 1.807) is 0 Å². The summed E-state index contributed by atoms with van der Waals surface area (Å²) in [4.78, 5) is 0. The van der Waals surface area contributed by atoms with Crippen LogP contribution in [0.3, 0.4) is 0 Å². The average molecular weight is 395 g/mol. The summed E-state index contributed by atoms with van der Waals surface area (Å²) in [6, 6.07) is 27.0. The highest BCUT2D eigenvalue weighted by molar-refractivity contribution is 7.26. The van der Waals surface area contributed by atoms with Gasteiger partial charge < -0.3 is 0 Å². The number of thiophene rings is 2. The van der Waals surface area contributed by atoms with Gasteiger partial charge in [0.1, 0.15) is 0 Å². The van der Waals surface area contributed by atoms with Crippen molar-refractivity contribution in [3.8, 4) is 11.1 Å². The minimum absolute atomic E-state index is 1.35. The summed E-state index contributed by atoms with van der Waals surface area (Å²) in [5.74, 6) is 0. The fourth-order valence-electron chi connectivity index (χ4n) is 4.33. The van der Waals surface area contributed by atoms with Crippen LogP contribution < -0.4 is 0 Å². The predicted octanol–water partition coefficient (Wildman–Crippen LogP) is 8.71. The Hall–Kier alpha value is -2.68. The van der Waals surface area contributed by atoms with Gasteiger partial charge in [-0.2, -0.15) is 0 Å². The monoisotopic (exact) mass is 394 g/mol. The van der Waals surface area contributed by atoms with Crippen LogP contribution in [0, 0.1) is 13.8 Å². The van der Waals surface area contributed by atoms with E-state index in [0.717, 1.165) is 0 Å². The summed E-state index contributed by atoms with van der Waals surface area (Å²) in [5, 5.41) is 5.47. The van der Waals surface area contributed by atoms with Crippen LogP contribution >= 0.6 is 22.7 Å². The molecular formula is C26H18S2. The first-order valence-corrected chi connectivity index (χ1v) is 11.2. The minimum atomic E-state index is 1.35. The van der Waals surface area contributed by atoms with E-state index in [9.17, 15) is 0 Å². The first-order valence-electron chi connectivity index (χ1n) is 9.53. The van der Waals surface area contributed by atoms with Gasteiger partial charge in [-0.15, -0.1) is 22.7 Å². The Balaban J connectivity index is 1.68. The zero-order valence-corrected chi connectivity index (χ0v) is 17.4. The zero-order valence-electron chi connectivity index (χ0n) is 15.7. The maximum absolute atomic E-state index is 2.41. The van der Waals surface area contributed by atoms with Crippen LogP contribution in [-0.4, -0.2) is 0 Å². The molecule has 0 aliphatic rings. The van der Waals surface area contributed by atoms with Gasteiger partial charge in [0.25, 0.3) is 0 Å². The van der Waals surface area contributed by atoms with E-state index in [4.69, 9.17) is 0 Å². The molecule has 134 valence electrons. The van der Waals surface area contributed by atoms with E-state index in [2.05, 4.69) is 86.6 Å². The molecule has 0 atom stereocenters. The van der Waals surface area contributed by atoms with Gasteiger partial charge in [0, 0.05) is 40.3 Å². The molecule has 2 aromatic heterocycles. The highest BCUT2D eigenvalue weighted by atomic mass is 32.1. The zero-order chi connectivity index (χ0) is 18.8. The molecule has 0 aliphatic heterocycles. The smallest absolute Gasteiger partial charge is 0.0358 e. The summed E-state index contributed by atoms with van der Waals surface area (Å²) < 4.78 is 5.49. The Kier molecular flexibility index (Phi) is 3.44. The molecule has 0 unspecified atom stereocenters. The van der Waals surface area contributed by atoms with Gasteiger partial charge in [-0.1, -0.05) is 36.4 Å². The Morgan fingerprint density at radius 2 is 0.893 bits per heavy atom. The molecule has 2 heteroatoms. The number of hydrogen-bond donors (Lipinski definition) is 0. The van der Waals surface area contributed by atoms with Crippen LogP contribution in [0.4, 0.5) is 0 Å². The second-order valence-corrected chi connectivity index (χ2v) is 9.69. The Bertz CT molecular complexity index is 1410. The van der Waals surface area contributed by atoms with Gasteiger partial charge in [-0.05, 0) is 72.5 Å². The van der Waals surface area contributed by atoms with E-state index in [0.29, 0.717) is 0 Å². The molecule has 6 rings (SSSR count). The van der Waals surface area contributed by atoms with Crippen LogP contribution in [0.2, 0.25) is 0 Å². The van der Waals surface area contributed by atoms with Crippen LogP contribution in [0.5, 0.6) is 0 Å². The summed E-state index contributed by atoms with van der Waals surface area (Å²) in [6.45, 7) is 4.49. The number of hydrogen-bond acceptors (Lipinski definition) is 2. The third kappa shape index (κ3) is 2.28. The van der Waals surface area contributed by atoms with E-state index in [1.807, 2.05) is 22.7 Å². The Morgan fingerprint density at radius 1 is 0.464 bits per heavy atom. The molecular weight excluding hydrogens is 376 g/mol. The normalized spacial score (nSPS) is 11.9. The third-order valence-electron chi connectivity index (χ3n) is 5.74. The number of aryl methyl sites for hydroxylation is 2. The van der Waals surface area contributed by atoms with Crippen molar-refractivity contribution in [2.75, 3.05) is 0 Å². The van der Waals surface area contributed by atoms with Crippen molar-refractivity contribution in [2.24, 2.45) is 0 Å². The molecule has 0 spiro atoms. The van der Waals surface area contributed by atoms with E-state index < -0.39 is 0 Å². The molecule has 0 nitrogen and oxygen atoms in total. The lowest BCUT2D eigenvalue weighted by molar-refractivity contribution is 1.45. The van der Waals surface area contributed by atoms with Crippen molar-refractivity contribution in [1.82, 2.24) is 0 Å². The van der Waals surface area contributed by atoms with Crippen molar-refractivity contribution in [2.45, 2.75) is 13.8 Å². The summed E-state index contributed by atoms with van der Waals surface area (Å²) in [6.07, 6.45) is 0. The molecule has 0 bridgehead atoms. The first-order chi connectivity index (χ1) is 13.7. The second-order valence-electron chi connectivity index (χ2n) is 7.52. The van der Waals surface area contributed by atoms with Crippen LogP contribution in [0.25, 0.3) is 51.5 Å². The summed E-state index contributed by atoms with van der Waals surface area (Å²) in [5.41, 5.74) is 5.40. The van der Waals surface area contributed by atoms with Crippen LogP contribution in [0.15, 0.2) is 72.8 Å². The molecule has 0 radical (unpaired) electrons. The maximum Gasteiger partial charge on any atom is 0.0358 e. The molecule has 4 aromatic carbocycles. The topological polar surface area (TPSA) is 0 Å². The van der Waals surface area contributed by atoms with Gasteiger partial charge in [-0.3, -0.25) is 0 Å². The van der Waals surface area contributed by atoms with Crippen LogP contribution in [0.1, 0.15) is 11.1 Å². The number of benzene rings is 4. The maximum atomic E-state index is 2.41. The molecule has 6 aromatic rings. The number of fused-ring (bicyclic) bond motifs is 6. The first kappa shape index (κ1) is 16.3. The predicted molar refractivity (Wildman–Crippen MR) is 127 cm³/mol. The number of rotatable bonds is 1. The molecule has 2 heterocycles. The van der Waals surface area contributed by atoms with Gasteiger partial charge in [0.2, 0.25) is 0 Å². The minimum Gasteiger partial charge on any atom is -0.135 e. The van der Waals surface area contributed by atoms with Crippen molar-refractivity contribution >= 4 is 63.0 Å². The SMILES string of the molecule is Cc1cc2sc3ccccc3c2cc1-c1cc2c(cc1C)sc1ccccc12.